The van der Waals surface area contributed by atoms with E-state index >= 15 is 0 Å². The van der Waals surface area contributed by atoms with Gasteiger partial charge in [-0.25, -0.2) is 9.13 Å². The second kappa shape index (κ2) is 70.7. The second-order valence-corrected chi connectivity index (χ2v) is 29.6. The molecule has 5 atom stereocenters. The van der Waals surface area contributed by atoms with Gasteiger partial charge >= 0.3 is 39.5 Å². The van der Waals surface area contributed by atoms with E-state index < -0.39 is 97.5 Å². The number of allylic oxidation sites excluding steroid dienone is 6. The molecule has 0 bridgehead atoms. The fraction of sp³-hybridized carbons (Fsp3) is 0.870. The number of hydrogen-bond donors (Lipinski definition) is 3. The van der Waals surface area contributed by atoms with Gasteiger partial charge in [-0.3, -0.25) is 37.3 Å². The first-order valence-corrected chi connectivity index (χ1v) is 42.2. The number of hydrogen-bond acceptors (Lipinski definition) is 15. The Morgan fingerprint density at radius 2 is 0.479 bits per heavy atom. The first kappa shape index (κ1) is 93.3. The lowest BCUT2D eigenvalue weighted by molar-refractivity contribution is -0.161. The van der Waals surface area contributed by atoms with Crippen molar-refractivity contribution in [2.45, 2.75) is 393 Å². The molecule has 0 amide bonds. The van der Waals surface area contributed by atoms with Crippen LogP contribution in [-0.4, -0.2) is 96.7 Å². The summed E-state index contributed by atoms with van der Waals surface area (Å²) in [6.07, 6.45) is 65.5. The van der Waals surface area contributed by atoms with Crippen molar-refractivity contribution in [1.29, 1.82) is 0 Å². The zero-order chi connectivity index (χ0) is 70.4. The van der Waals surface area contributed by atoms with Crippen LogP contribution in [0.25, 0.3) is 0 Å². The van der Waals surface area contributed by atoms with Gasteiger partial charge in [0.1, 0.15) is 19.3 Å². The van der Waals surface area contributed by atoms with Crippen LogP contribution in [0.2, 0.25) is 0 Å². The highest BCUT2D eigenvalue weighted by molar-refractivity contribution is 7.47. The second-order valence-electron chi connectivity index (χ2n) is 26.7. The summed E-state index contributed by atoms with van der Waals surface area (Å²) < 4.78 is 68.5. The molecule has 17 nitrogen and oxygen atoms in total. The van der Waals surface area contributed by atoms with Crippen LogP contribution in [0.15, 0.2) is 36.5 Å². The van der Waals surface area contributed by atoms with Crippen molar-refractivity contribution in [1.82, 2.24) is 0 Å². The van der Waals surface area contributed by atoms with Gasteiger partial charge in [0, 0.05) is 25.7 Å². The molecule has 19 heteroatoms. The summed E-state index contributed by atoms with van der Waals surface area (Å²) in [6, 6.07) is 0. The van der Waals surface area contributed by atoms with Gasteiger partial charge in [-0.15, -0.1) is 0 Å². The Hall–Kier alpha value is -2.72. The minimum atomic E-state index is -4.97. The Kier molecular flexibility index (Phi) is 68.7. The summed E-state index contributed by atoms with van der Waals surface area (Å²) in [5, 5.41) is 10.6. The first-order chi connectivity index (χ1) is 46.7. The summed E-state index contributed by atoms with van der Waals surface area (Å²) >= 11 is 0. The monoisotopic (exact) mass is 1400 g/mol. The molecule has 564 valence electrons. The van der Waals surface area contributed by atoms with E-state index in [1.54, 1.807) is 0 Å². The highest BCUT2D eigenvalue weighted by atomic mass is 31.2. The van der Waals surface area contributed by atoms with Gasteiger partial charge in [0.15, 0.2) is 12.2 Å². The number of carbonyl (C=O) groups excluding carboxylic acids is 4. The zero-order valence-electron chi connectivity index (χ0n) is 61.6. The quantitative estimate of drug-likeness (QED) is 0.0169. The van der Waals surface area contributed by atoms with Crippen molar-refractivity contribution in [2.75, 3.05) is 39.6 Å². The minimum absolute atomic E-state index is 0.0893. The van der Waals surface area contributed by atoms with E-state index in [0.29, 0.717) is 25.7 Å². The number of phosphoric ester groups is 2. The number of phosphoric acid groups is 2. The van der Waals surface area contributed by atoms with E-state index in [1.165, 1.54) is 154 Å². The van der Waals surface area contributed by atoms with Gasteiger partial charge in [0.25, 0.3) is 0 Å². The van der Waals surface area contributed by atoms with Crippen molar-refractivity contribution < 1.29 is 80.2 Å². The van der Waals surface area contributed by atoms with Crippen molar-refractivity contribution in [3.8, 4) is 0 Å². The standard InChI is InChI=1S/C77H144O17P2/c1-5-9-13-17-21-25-29-33-35-39-41-45-49-53-57-61-74(79)87-67-72(93-76(81)63-59-55-51-47-43-37-31-27-23-19-15-11-7-3)69-91-95(83,84)89-65-71(78)66-90-96(85,86)92-70-73(94-77(82)64-60-56-52-48-44-38-32-28-24-20-16-12-8-4)68-88-75(80)62-58-54-50-46-42-40-36-34-30-26-22-18-14-10-6-2/h27,31,33-36,71-73,78H,5-26,28-30,32,37-70H2,1-4H3,(H,83,84)(H,85,86)/b31-27-,35-33-,36-34-/t71-,72-,73-/m1/s1. The Morgan fingerprint density at radius 3 is 0.729 bits per heavy atom. The molecule has 96 heavy (non-hydrogen) atoms. The van der Waals surface area contributed by atoms with Crippen LogP contribution < -0.4 is 0 Å². The van der Waals surface area contributed by atoms with Crippen LogP contribution in [-0.2, 0) is 65.4 Å². The summed E-state index contributed by atoms with van der Waals surface area (Å²) in [4.78, 5) is 72.8. The van der Waals surface area contributed by atoms with Gasteiger partial charge < -0.3 is 33.8 Å². The molecule has 0 saturated heterocycles. The van der Waals surface area contributed by atoms with Crippen molar-refractivity contribution >= 4 is 39.5 Å². The Balaban J connectivity index is 5.31. The summed E-state index contributed by atoms with van der Waals surface area (Å²) in [7, 11) is -9.93. The largest absolute Gasteiger partial charge is 0.472 e. The van der Waals surface area contributed by atoms with Gasteiger partial charge in [0.05, 0.1) is 26.4 Å². The first-order valence-electron chi connectivity index (χ1n) is 39.2. The number of aliphatic hydroxyl groups excluding tert-OH is 1. The predicted molar refractivity (Wildman–Crippen MR) is 391 cm³/mol. The number of unbranched alkanes of at least 4 members (excludes halogenated alkanes) is 43. The van der Waals surface area contributed by atoms with E-state index in [0.717, 1.165) is 141 Å². The van der Waals surface area contributed by atoms with Crippen LogP contribution in [0.3, 0.4) is 0 Å². The zero-order valence-corrected chi connectivity index (χ0v) is 63.4. The molecule has 0 aromatic rings. The van der Waals surface area contributed by atoms with Gasteiger partial charge in [0.2, 0.25) is 0 Å². The molecule has 0 heterocycles. The van der Waals surface area contributed by atoms with E-state index in [2.05, 4.69) is 64.2 Å². The predicted octanol–water partition coefficient (Wildman–Crippen LogP) is 22.3. The Morgan fingerprint density at radius 1 is 0.281 bits per heavy atom. The molecule has 0 saturated carbocycles. The van der Waals surface area contributed by atoms with Crippen LogP contribution >= 0.6 is 15.6 Å². The van der Waals surface area contributed by atoms with Crippen LogP contribution in [0.1, 0.15) is 374 Å². The van der Waals surface area contributed by atoms with E-state index in [9.17, 15) is 43.2 Å². The third-order valence-corrected chi connectivity index (χ3v) is 19.0. The molecule has 0 spiro atoms. The summed E-state index contributed by atoms with van der Waals surface area (Å²) in [5.41, 5.74) is 0. The number of carbonyl (C=O) groups is 4. The van der Waals surface area contributed by atoms with Crippen LogP contribution in [0.4, 0.5) is 0 Å². The number of ether oxygens (including phenoxy) is 4. The third kappa shape index (κ3) is 69.7. The molecular weight excluding hydrogens is 1260 g/mol. The normalized spacial score (nSPS) is 14.1. The fourth-order valence-corrected chi connectivity index (χ4v) is 12.6. The van der Waals surface area contributed by atoms with Crippen LogP contribution in [0.5, 0.6) is 0 Å². The van der Waals surface area contributed by atoms with E-state index in [4.69, 9.17) is 37.0 Å². The molecule has 0 fully saturated rings. The third-order valence-electron chi connectivity index (χ3n) is 17.1. The smallest absolute Gasteiger partial charge is 0.462 e. The summed E-state index contributed by atoms with van der Waals surface area (Å²) in [6.45, 7) is 4.90. The number of rotatable bonds is 75. The van der Waals surface area contributed by atoms with Gasteiger partial charge in [-0.05, 0) is 103 Å². The average molecular weight is 1400 g/mol. The molecule has 3 N–H and O–H groups in total. The maximum Gasteiger partial charge on any atom is 0.472 e. The number of aliphatic hydroxyl groups is 1. The Labute approximate surface area is 585 Å². The lowest BCUT2D eigenvalue weighted by Crippen LogP contribution is -2.30. The molecule has 0 radical (unpaired) electrons. The minimum Gasteiger partial charge on any atom is -0.462 e. The summed E-state index contributed by atoms with van der Waals surface area (Å²) in [5.74, 6) is -2.16. The number of esters is 4. The lowest BCUT2D eigenvalue weighted by atomic mass is 10.0. The molecule has 0 aromatic heterocycles. The molecule has 2 unspecified atom stereocenters. The fourth-order valence-electron chi connectivity index (χ4n) is 11.0. The molecule has 0 rings (SSSR count). The van der Waals surface area contributed by atoms with Crippen LogP contribution in [0, 0.1) is 0 Å². The van der Waals surface area contributed by atoms with E-state index in [-0.39, 0.29) is 25.7 Å². The maximum atomic E-state index is 13.1. The van der Waals surface area contributed by atoms with E-state index in [1.807, 2.05) is 0 Å². The lowest BCUT2D eigenvalue weighted by Gasteiger charge is -2.21. The van der Waals surface area contributed by atoms with Gasteiger partial charge in [-0.2, -0.15) is 0 Å². The molecular formula is C77H144O17P2. The highest BCUT2D eigenvalue weighted by Crippen LogP contribution is 2.45. The molecule has 0 aliphatic heterocycles. The van der Waals surface area contributed by atoms with Gasteiger partial charge in [-0.1, -0.05) is 282 Å². The SMILES string of the molecule is CCCCCC/C=C\CCCCCCCC(=O)O[C@H](COC(=O)CCCCCCC/C=C\CCCCCCCC)COP(=O)(O)OC[C@@H](O)COP(=O)(O)OC[C@@H](COC(=O)CCCCCCC/C=C\CCCCCCCC)OC(=O)CCCCCCCCCCCCCCC. The Bertz CT molecular complexity index is 1970. The highest BCUT2D eigenvalue weighted by Gasteiger charge is 2.30. The average Bonchev–Trinajstić information content (AvgIpc) is 1.15. The maximum absolute atomic E-state index is 13.1. The molecule has 0 aromatic carbocycles. The molecule has 0 aliphatic rings. The topological polar surface area (TPSA) is 237 Å². The van der Waals surface area contributed by atoms with Crippen molar-refractivity contribution in [2.24, 2.45) is 0 Å². The van der Waals surface area contributed by atoms with Crippen molar-refractivity contribution in [3.63, 3.8) is 0 Å². The molecule has 0 aliphatic carbocycles. The van der Waals surface area contributed by atoms with Crippen molar-refractivity contribution in [3.05, 3.63) is 36.5 Å².